The highest BCUT2D eigenvalue weighted by molar-refractivity contribution is 5.37. The van der Waals surface area contributed by atoms with Gasteiger partial charge in [0.15, 0.2) is 0 Å². The van der Waals surface area contributed by atoms with Crippen LogP contribution in [0.3, 0.4) is 0 Å². The molecule has 0 saturated heterocycles. The van der Waals surface area contributed by atoms with Crippen LogP contribution in [0.4, 0.5) is 0 Å². The van der Waals surface area contributed by atoms with E-state index in [1.807, 2.05) is 30.3 Å². The molecular weight excluding hydrogens is 262 g/mol. The Bertz CT molecular complexity index is 564. The standard InChI is InChI=1S/C18H23NO2/c1-4-19-12-15-7-10-18(20-3)16(11-15)13-21-17-8-5-14(2)6-9-17/h5-11,19H,4,12-13H2,1-3H3. The molecule has 0 heterocycles. The number of methoxy groups -OCH3 is 1. The van der Waals surface area contributed by atoms with Crippen LogP contribution in [0.1, 0.15) is 23.6 Å². The fraction of sp³-hybridized carbons (Fsp3) is 0.333. The number of aryl methyl sites for hydroxylation is 1. The summed E-state index contributed by atoms with van der Waals surface area (Å²) in [6, 6.07) is 14.3. The maximum absolute atomic E-state index is 5.85. The van der Waals surface area contributed by atoms with Gasteiger partial charge in [0.1, 0.15) is 18.1 Å². The van der Waals surface area contributed by atoms with Crippen molar-refractivity contribution in [2.75, 3.05) is 13.7 Å². The predicted octanol–water partition coefficient (Wildman–Crippen LogP) is 3.69. The van der Waals surface area contributed by atoms with Crippen LogP contribution in [0.5, 0.6) is 11.5 Å². The van der Waals surface area contributed by atoms with Crippen molar-refractivity contribution >= 4 is 0 Å². The topological polar surface area (TPSA) is 30.5 Å². The van der Waals surface area contributed by atoms with Crippen LogP contribution in [-0.4, -0.2) is 13.7 Å². The van der Waals surface area contributed by atoms with Crippen molar-refractivity contribution in [2.45, 2.75) is 27.0 Å². The fourth-order valence-electron chi connectivity index (χ4n) is 2.12. The predicted molar refractivity (Wildman–Crippen MR) is 85.9 cm³/mol. The van der Waals surface area contributed by atoms with Crippen molar-refractivity contribution in [1.82, 2.24) is 5.32 Å². The molecule has 0 amide bonds. The molecule has 2 aromatic carbocycles. The molecule has 0 spiro atoms. The van der Waals surface area contributed by atoms with E-state index < -0.39 is 0 Å². The van der Waals surface area contributed by atoms with Crippen molar-refractivity contribution in [1.29, 1.82) is 0 Å². The van der Waals surface area contributed by atoms with Gasteiger partial charge >= 0.3 is 0 Å². The quantitative estimate of drug-likeness (QED) is 0.841. The molecule has 0 aromatic heterocycles. The lowest BCUT2D eigenvalue weighted by Crippen LogP contribution is -2.12. The number of hydrogen-bond donors (Lipinski definition) is 1. The van der Waals surface area contributed by atoms with E-state index in [1.165, 1.54) is 11.1 Å². The molecule has 0 aliphatic heterocycles. The summed E-state index contributed by atoms with van der Waals surface area (Å²) in [4.78, 5) is 0. The molecule has 0 saturated carbocycles. The molecule has 0 aliphatic rings. The average Bonchev–Trinajstić information content (AvgIpc) is 2.52. The maximum Gasteiger partial charge on any atom is 0.125 e. The van der Waals surface area contributed by atoms with Gasteiger partial charge in [0.25, 0.3) is 0 Å². The molecular formula is C18H23NO2. The number of ether oxygens (including phenoxy) is 2. The van der Waals surface area contributed by atoms with E-state index >= 15 is 0 Å². The highest BCUT2D eigenvalue weighted by atomic mass is 16.5. The minimum absolute atomic E-state index is 0.506. The molecule has 0 radical (unpaired) electrons. The second kappa shape index (κ2) is 7.70. The first-order valence-corrected chi connectivity index (χ1v) is 7.29. The zero-order chi connectivity index (χ0) is 15.1. The van der Waals surface area contributed by atoms with Crippen LogP contribution < -0.4 is 14.8 Å². The molecule has 0 fully saturated rings. The molecule has 0 atom stereocenters. The Labute approximate surface area is 126 Å². The summed E-state index contributed by atoms with van der Waals surface area (Å²) in [6.07, 6.45) is 0. The molecule has 0 aliphatic carbocycles. The first kappa shape index (κ1) is 15.4. The molecule has 2 rings (SSSR count). The van der Waals surface area contributed by atoms with Gasteiger partial charge in [-0.2, -0.15) is 0 Å². The van der Waals surface area contributed by atoms with E-state index in [0.717, 1.165) is 30.2 Å². The summed E-state index contributed by atoms with van der Waals surface area (Å²) in [5.41, 5.74) is 3.53. The lowest BCUT2D eigenvalue weighted by Gasteiger charge is -2.12. The van der Waals surface area contributed by atoms with E-state index in [4.69, 9.17) is 9.47 Å². The van der Waals surface area contributed by atoms with E-state index in [-0.39, 0.29) is 0 Å². The molecule has 112 valence electrons. The summed E-state index contributed by atoms with van der Waals surface area (Å²) < 4.78 is 11.3. The normalized spacial score (nSPS) is 10.4. The number of nitrogens with one attached hydrogen (secondary N) is 1. The third-order valence-electron chi connectivity index (χ3n) is 3.34. The monoisotopic (exact) mass is 285 g/mol. The van der Waals surface area contributed by atoms with Crippen LogP contribution in [-0.2, 0) is 13.2 Å². The van der Waals surface area contributed by atoms with Gasteiger partial charge in [-0.25, -0.2) is 0 Å². The van der Waals surface area contributed by atoms with Crippen LogP contribution in [0.2, 0.25) is 0 Å². The molecule has 2 aromatic rings. The fourth-order valence-corrected chi connectivity index (χ4v) is 2.12. The van der Waals surface area contributed by atoms with E-state index in [9.17, 15) is 0 Å². The van der Waals surface area contributed by atoms with Gasteiger partial charge in [-0.1, -0.05) is 30.7 Å². The summed E-state index contributed by atoms with van der Waals surface area (Å²) >= 11 is 0. The molecule has 21 heavy (non-hydrogen) atoms. The van der Waals surface area contributed by atoms with Crippen molar-refractivity contribution < 1.29 is 9.47 Å². The Morgan fingerprint density at radius 3 is 2.48 bits per heavy atom. The molecule has 1 N–H and O–H groups in total. The van der Waals surface area contributed by atoms with Gasteiger partial charge in [0.05, 0.1) is 7.11 Å². The highest BCUT2D eigenvalue weighted by Gasteiger charge is 2.06. The van der Waals surface area contributed by atoms with Gasteiger partial charge in [0.2, 0.25) is 0 Å². The highest BCUT2D eigenvalue weighted by Crippen LogP contribution is 2.22. The summed E-state index contributed by atoms with van der Waals surface area (Å²) in [5, 5.41) is 3.33. The smallest absolute Gasteiger partial charge is 0.125 e. The van der Waals surface area contributed by atoms with Crippen molar-refractivity contribution in [3.05, 3.63) is 59.2 Å². The van der Waals surface area contributed by atoms with Crippen LogP contribution >= 0.6 is 0 Å². The second-order valence-corrected chi connectivity index (χ2v) is 5.03. The Hall–Kier alpha value is -2.00. The van der Waals surface area contributed by atoms with Crippen LogP contribution in [0, 0.1) is 6.92 Å². The number of benzene rings is 2. The van der Waals surface area contributed by atoms with Crippen molar-refractivity contribution in [3.8, 4) is 11.5 Å². The first-order chi connectivity index (χ1) is 10.2. The maximum atomic E-state index is 5.85. The Balaban J connectivity index is 2.07. The Morgan fingerprint density at radius 1 is 1.05 bits per heavy atom. The average molecular weight is 285 g/mol. The Morgan fingerprint density at radius 2 is 1.81 bits per heavy atom. The SMILES string of the molecule is CCNCc1ccc(OC)c(COc2ccc(C)cc2)c1. The first-order valence-electron chi connectivity index (χ1n) is 7.29. The molecule has 3 heteroatoms. The van der Waals surface area contributed by atoms with E-state index in [2.05, 4.69) is 31.3 Å². The summed E-state index contributed by atoms with van der Waals surface area (Å²) in [7, 11) is 1.69. The van der Waals surface area contributed by atoms with Crippen molar-refractivity contribution in [2.24, 2.45) is 0 Å². The minimum atomic E-state index is 0.506. The van der Waals surface area contributed by atoms with Gasteiger partial charge in [0, 0.05) is 12.1 Å². The third kappa shape index (κ3) is 4.50. The molecule has 3 nitrogen and oxygen atoms in total. The summed E-state index contributed by atoms with van der Waals surface area (Å²) in [6.45, 7) is 6.49. The number of hydrogen-bond acceptors (Lipinski definition) is 3. The molecule has 0 bridgehead atoms. The van der Waals surface area contributed by atoms with Gasteiger partial charge < -0.3 is 14.8 Å². The van der Waals surface area contributed by atoms with Gasteiger partial charge in [-0.05, 0) is 43.3 Å². The zero-order valence-electron chi connectivity index (χ0n) is 13.0. The third-order valence-corrected chi connectivity index (χ3v) is 3.34. The minimum Gasteiger partial charge on any atom is -0.496 e. The Kier molecular flexibility index (Phi) is 5.64. The number of rotatable bonds is 7. The van der Waals surface area contributed by atoms with E-state index in [1.54, 1.807) is 7.11 Å². The molecule has 0 unspecified atom stereocenters. The van der Waals surface area contributed by atoms with Crippen molar-refractivity contribution in [3.63, 3.8) is 0 Å². The zero-order valence-corrected chi connectivity index (χ0v) is 13.0. The van der Waals surface area contributed by atoms with E-state index in [0.29, 0.717) is 6.61 Å². The van der Waals surface area contributed by atoms with Crippen LogP contribution in [0.15, 0.2) is 42.5 Å². The van der Waals surface area contributed by atoms with Gasteiger partial charge in [-0.3, -0.25) is 0 Å². The largest absolute Gasteiger partial charge is 0.496 e. The lowest BCUT2D eigenvalue weighted by molar-refractivity contribution is 0.296. The second-order valence-electron chi connectivity index (χ2n) is 5.03. The van der Waals surface area contributed by atoms with Gasteiger partial charge in [-0.15, -0.1) is 0 Å². The lowest BCUT2D eigenvalue weighted by atomic mass is 10.1. The van der Waals surface area contributed by atoms with Crippen LogP contribution in [0.25, 0.3) is 0 Å². The summed E-state index contributed by atoms with van der Waals surface area (Å²) in [5.74, 6) is 1.74.